The molecule has 0 atom stereocenters. The molecule has 1 rings (SSSR count). The van der Waals surface area contributed by atoms with E-state index in [1.807, 2.05) is 6.92 Å². The van der Waals surface area contributed by atoms with Gasteiger partial charge in [0.25, 0.3) is 0 Å². The van der Waals surface area contributed by atoms with Gasteiger partial charge in [0.1, 0.15) is 17.5 Å². The smallest absolute Gasteiger partial charge is 0.148 e. The van der Waals surface area contributed by atoms with Crippen molar-refractivity contribution in [1.82, 2.24) is 9.97 Å². The van der Waals surface area contributed by atoms with Crippen LogP contribution in [-0.4, -0.2) is 23.1 Å². The number of rotatable bonds is 7. The topological polar surface area (TPSA) is 67.1 Å². The van der Waals surface area contributed by atoms with Crippen LogP contribution < -0.4 is 16.2 Å². The molecular weight excluding hydrogens is 250 g/mol. The lowest BCUT2D eigenvalue weighted by Crippen LogP contribution is -2.33. The van der Waals surface area contributed by atoms with Gasteiger partial charge in [0.2, 0.25) is 0 Å². The molecule has 1 aromatic rings. The van der Waals surface area contributed by atoms with Crippen molar-refractivity contribution in [3.63, 3.8) is 0 Å². The normalized spacial score (nSPS) is 11.2. The van der Waals surface area contributed by atoms with Gasteiger partial charge in [0, 0.05) is 25.1 Å². The highest BCUT2D eigenvalue weighted by Crippen LogP contribution is 2.25. The monoisotopic (exact) mass is 279 g/mol. The molecule has 0 aliphatic carbocycles. The molecule has 0 bridgehead atoms. The summed E-state index contributed by atoms with van der Waals surface area (Å²) in [6, 6.07) is 0. The molecule has 3 N–H and O–H groups in total. The molecule has 0 spiro atoms. The Morgan fingerprint density at radius 1 is 1.10 bits per heavy atom. The summed E-state index contributed by atoms with van der Waals surface area (Å²) in [6.45, 7) is 15.0. The van der Waals surface area contributed by atoms with E-state index in [9.17, 15) is 0 Å². The van der Waals surface area contributed by atoms with E-state index in [0.29, 0.717) is 11.8 Å². The minimum atomic E-state index is 0.586. The summed E-state index contributed by atoms with van der Waals surface area (Å²) in [5.41, 5.74) is 3.71. The quantitative estimate of drug-likeness (QED) is 0.593. The minimum absolute atomic E-state index is 0.586. The van der Waals surface area contributed by atoms with Gasteiger partial charge in [-0.25, -0.2) is 15.8 Å². The minimum Gasteiger partial charge on any atom is -0.356 e. The highest BCUT2D eigenvalue weighted by atomic mass is 15.3. The number of aromatic nitrogens is 2. The van der Waals surface area contributed by atoms with Gasteiger partial charge in [-0.15, -0.1) is 0 Å². The number of hydrogen-bond acceptors (Lipinski definition) is 5. The molecule has 0 saturated carbocycles. The number of nitrogen functional groups attached to an aromatic ring is 1. The Bertz CT molecular complexity index is 419. The second kappa shape index (κ2) is 7.43. The predicted molar refractivity (Wildman–Crippen MR) is 85.8 cm³/mol. The molecule has 0 radical (unpaired) electrons. The summed E-state index contributed by atoms with van der Waals surface area (Å²) in [5.74, 6) is 9.32. The van der Waals surface area contributed by atoms with Gasteiger partial charge >= 0.3 is 0 Å². The van der Waals surface area contributed by atoms with Crippen LogP contribution in [-0.2, 0) is 6.42 Å². The van der Waals surface area contributed by atoms with Crippen LogP contribution in [0.25, 0.3) is 0 Å². The molecule has 0 unspecified atom stereocenters. The van der Waals surface area contributed by atoms with E-state index in [1.54, 1.807) is 0 Å². The summed E-state index contributed by atoms with van der Waals surface area (Å²) in [5, 5.41) is 0. The third kappa shape index (κ3) is 4.34. The molecule has 0 fully saturated rings. The third-order valence-electron chi connectivity index (χ3n) is 3.09. The standard InChI is InChI=1S/C15H29N5/c1-7-13-17-14(19-16)12(6)15(18-13)20(8-10(2)3)9-11(4)5/h10-11H,7-9,16H2,1-6H3,(H,17,18,19). The van der Waals surface area contributed by atoms with E-state index in [-0.39, 0.29) is 0 Å². The zero-order valence-electron chi connectivity index (χ0n) is 13.7. The van der Waals surface area contributed by atoms with Crippen molar-refractivity contribution in [3.8, 4) is 0 Å². The molecule has 1 aromatic heterocycles. The molecule has 0 aromatic carbocycles. The Morgan fingerprint density at radius 3 is 2.05 bits per heavy atom. The summed E-state index contributed by atoms with van der Waals surface area (Å²) >= 11 is 0. The first-order chi connectivity index (χ1) is 9.38. The van der Waals surface area contributed by atoms with E-state index >= 15 is 0 Å². The van der Waals surface area contributed by atoms with Crippen molar-refractivity contribution < 1.29 is 0 Å². The van der Waals surface area contributed by atoms with Gasteiger partial charge in [0.15, 0.2) is 0 Å². The second-order valence-electron chi connectivity index (χ2n) is 6.13. The fraction of sp³-hybridized carbons (Fsp3) is 0.733. The van der Waals surface area contributed by atoms with Crippen molar-refractivity contribution in [3.05, 3.63) is 11.4 Å². The van der Waals surface area contributed by atoms with Gasteiger partial charge < -0.3 is 10.3 Å². The van der Waals surface area contributed by atoms with Gasteiger partial charge in [-0.05, 0) is 18.8 Å². The van der Waals surface area contributed by atoms with Crippen LogP contribution in [0.15, 0.2) is 0 Å². The zero-order chi connectivity index (χ0) is 15.3. The van der Waals surface area contributed by atoms with Gasteiger partial charge in [-0.3, -0.25) is 0 Å². The van der Waals surface area contributed by atoms with Crippen LogP contribution >= 0.6 is 0 Å². The average Bonchev–Trinajstić information content (AvgIpc) is 2.37. The Morgan fingerprint density at radius 2 is 1.65 bits per heavy atom. The lowest BCUT2D eigenvalue weighted by atomic mass is 10.1. The maximum atomic E-state index is 5.59. The zero-order valence-corrected chi connectivity index (χ0v) is 13.7. The van der Waals surface area contributed by atoms with Crippen LogP contribution in [0, 0.1) is 18.8 Å². The van der Waals surface area contributed by atoms with Crippen molar-refractivity contribution >= 4 is 11.6 Å². The lowest BCUT2D eigenvalue weighted by molar-refractivity contribution is 0.547. The number of nitrogens with one attached hydrogen (secondary N) is 1. The first kappa shape index (κ1) is 16.7. The van der Waals surface area contributed by atoms with Gasteiger partial charge in [0.05, 0.1) is 0 Å². The predicted octanol–water partition coefficient (Wildman–Crippen LogP) is 2.75. The maximum Gasteiger partial charge on any atom is 0.148 e. The molecule has 114 valence electrons. The highest BCUT2D eigenvalue weighted by Gasteiger charge is 2.18. The Kier molecular flexibility index (Phi) is 6.20. The van der Waals surface area contributed by atoms with Crippen LogP contribution in [0.5, 0.6) is 0 Å². The van der Waals surface area contributed by atoms with Crippen molar-refractivity contribution in [2.45, 2.75) is 48.0 Å². The van der Waals surface area contributed by atoms with Crippen molar-refractivity contribution in [2.75, 3.05) is 23.4 Å². The van der Waals surface area contributed by atoms with Gasteiger partial charge in [-0.2, -0.15) is 0 Å². The first-order valence-electron chi connectivity index (χ1n) is 7.48. The fourth-order valence-corrected chi connectivity index (χ4v) is 2.29. The molecule has 20 heavy (non-hydrogen) atoms. The fourth-order valence-electron chi connectivity index (χ4n) is 2.29. The van der Waals surface area contributed by atoms with E-state index in [2.05, 4.69) is 49.9 Å². The van der Waals surface area contributed by atoms with E-state index in [1.165, 1.54) is 0 Å². The number of hydrogen-bond donors (Lipinski definition) is 2. The largest absolute Gasteiger partial charge is 0.356 e. The Labute approximate surface area is 123 Å². The van der Waals surface area contributed by atoms with Crippen LogP contribution in [0.2, 0.25) is 0 Å². The SMILES string of the molecule is CCc1nc(NN)c(C)c(N(CC(C)C)CC(C)C)n1. The summed E-state index contributed by atoms with van der Waals surface area (Å²) in [6.07, 6.45) is 0.805. The van der Waals surface area contributed by atoms with E-state index in [0.717, 1.165) is 42.5 Å². The van der Waals surface area contributed by atoms with Crippen LogP contribution in [0.1, 0.15) is 46.0 Å². The van der Waals surface area contributed by atoms with E-state index in [4.69, 9.17) is 10.8 Å². The number of anilines is 2. The Balaban J connectivity index is 3.22. The number of aryl methyl sites for hydroxylation is 1. The summed E-state index contributed by atoms with van der Waals surface area (Å²) in [7, 11) is 0. The maximum absolute atomic E-state index is 5.59. The van der Waals surface area contributed by atoms with Crippen LogP contribution in [0.3, 0.4) is 0 Å². The molecule has 1 heterocycles. The summed E-state index contributed by atoms with van der Waals surface area (Å²) in [4.78, 5) is 11.5. The number of nitrogens with zero attached hydrogens (tertiary/aromatic N) is 3. The second-order valence-corrected chi connectivity index (χ2v) is 6.13. The molecular formula is C15H29N5. The van der Waals surface area contributed by atoms with Crippen LogP contribution in [0.4, 0.5) is 11.6 Å². The molecule has 0 aliphatic rings. The molecule has 0 amide bonds. The number of hydrazine groups is 1. The van der Waals surface area contributed by atoms with E-state index < -0.39 is 0 Å². The molecule has 0 aliphatic heterocycles. The van der Waals surface area contributed by atoms with Crippen molar-refractivity contribution in [2.24, 2.45) is 17.7 Å². The average molecular weight is 279 g/mol. The first-order valence-corrected chi connectivity index (χ1v) is 7.48. The summed E-state index contributed by atoms with van der Waals surface area (Å²) < 4.78 is 0. The Hall–Kier alpha value is -1.36. The highest BCUT2D eigenvalue weighted by molar-refractivity contribution is 5.58. The lowest BCUT2D eigenvalue weighted by Gasteiger charge is -2.29. The van der Waals surface area contributed by atoms with Crippen molar-refractivity contribution in [1.29, 1.82) is 0 Å². The van der Waals surface area contributed by atoms with Gasteiger partial charge in [-0.1, -0.05) is 34.6 Å². The third-order valence-corrected chi connectivity index (χ3v) is 3.09. The molecule has 0 saturated heterocycles. The molecule has 5 nitrogen and oxygen atoms in total. The molecule has 5 heteroatoms. The number of nitrogens with two attached hydrogens (primary N) is 1.